The Morgan fingerprint density at radius 1 is 1.00 bits per heavy atom. The largest absolute Gasteiger partial charge is 0.479 e. The predicted molar refractivity (Wildman–Crippen MR) is 115 cm³/mol. The number of nitrogens with one attached hydrogen (secondary N) is 1. The van der Waals surface area contributed by atoms with Gasteiger partial charge in [-0.3, -0.25) is 9.48 Å². The minimum Gasteiger partial charge on any atom is -0.479 e. The molecule has 166 valence electrons. The van der Waals surface area contributed by atoms with Gasteiger partial charge in [0.2, 0.25) is 0 Å². The van der Waals surface area contributed by atoms with E-state index in [1.807, 2.05) is 0 Å². The maximum absolute atomic E-state index is 12.8. The second kappa shape index (κ2) is 10.1. The van der Waals surface area contributed by atoms with Crippen molar-refractivity contribution in [2.45, 2.75) is 25.1 Å². The smallest absolute Gasteiger partial charge is 0.354 e. The number of aliphatic hydroxyl groups excluding tert-OH is 1. The number of hydrogen-bond acceptors (Lipinski definition) is 5. The fourth-order valence-electron chi connectivity index (χ4n) is 3.11. The molecule has 0 saturated carbocycles. The fourth-order valence-corrected chi connectivity index (χ4v) is 3.23. The quantitative estimate of drug-likeness (QED) is 0.385. The Balaban J connectivity index is 1.83. The van der Waals surface area contributed by atoms with Crippen molar-refractivity contribution >= 4 is 29.4 Å². The number of aliphatic hydroxyl groups is 1. The Morgan fingerprint density at radius 3 is 2.25 bits per heavy atom. The lowest BCUT2D eigenvalue weighted by molar-refractivity contribution is -0.148. The highest BCUT2D eigenvalue weighted by atomic mass is 35.5. The molecule has 1 aromatic heterocycles. The number of benzene rings is 2. The van der Waals surface area contributed by atoms with E-state index in [1.54, 1.807) is 54.6 Å². The Hall–Kier alpha value is -3.69. The second-order valence-electron chi connectivity index (χ2n) is 7.06. The average molecular weight is 458 g/mol. The SMILES string of the molecule is O=C(N[C@H](Cc1ccccc1)[C@@H](O)C(=O)O)c1cc(C(=O)O)n(Cc2ccc(Cl)cc2)n1. The van der Waals surface area contributed by atoms with Gasteiger partial charge in [0.25, 0.3) is 5.91 Å². The molecule has 0 unspecified atom stereocenters. The highest BCUT2D eigenvalue weighted by Gasteiger charge is 2.29. The Bertz CT molecular complexity index is 1110. The topological polar surface area (TPSA) is 142 Å². The summed E-state index contributed by atoms with van der Waals surface area (Å²) < 4.78 is 1.15. The Labute approximate surface area is 187 Å². The first-order valence-electron chi connectivity index (χ1n) is 9.56. The summed E-state index contributed by atoms with van der Waals surface area (Å²) in [6.45, 7) is 0.0806. The van der Waals surface area contributed by atoms with Crippen LogP contribution in [0.3, 0.4) is 0 Å². The maximum atomic E-state index is 12.8. The van der Waals surface area contributed by atoms with Crippen molar-refractivity contribution in [2.75, 3.05) is 0 Å². The molecule has 32 heavy (non-hydrogen) atoms. The lowest BCUT2D eigenvalue weighted by atomic mass is 10.0. The lowest BCUT2D eigenvalue weighted by Gasteiger charge is -2.21. The van der Waals surface area contributed by atoms with Gasteiger partial charge in [-0.1, -0.05) is 54.1 Å². The minimum atomic E-state index is -1.87. The molecule has 3 aromatic rings. The van der Waals surface area contributed by atoms with Gasteiger partial charge in [0, 0.05) is 11.1 Å². The van der Waals surface area contributed by atoms with E-state index in [1.165, 1.54) is 0 Å². The zero-order chi connectivity index (χ0) is 23.3. The van der Waals surface area contributed by atoms with E-state index in [0.29, 0.717) is 10.6 Å². The molecule has 2 aromatic carbocycles. The number of hydrogen-bond donors (Lipinski definition) is 4. The molecule has 0 saturated heterocycles. The van der Waals surface area contributed by atoms with Crippen LogP contribution in [0.1, 0.15) is 32.1 Å². The van der Waals surface area contributed by atoms with Crippen LogP contribution in [0.5, 0.6) is 0 Å². The zero-order valence-electron chi connectivity index (χ0n) is 16.7. The molecular weight excluding hydrogens is 438 g/mol. The molecule has 0 aliphatic carbocycles. The molecule has 9 nitrogen and oxygen atoms in total. The van der Waals surface area contributed by atoms with E-state index in [-0.39, 0.29) is 24.4 Å². The fraction of sp³-hybridized carbons (Fsp3) is 0.182. The van der Waals surface area contributed by atoms with Gasteiger partial charge in [-0.15, -0.1) is 0 Å². The van der Waals surface area contributed by atoms with Crippen molar-refractivity contribution in [3.8, 4) is 0 Å². The molecule has 10 heteroatoms. The van der Waals surface area contributed by atoms with E-state index >= 15 is 0 Å². The molecule has 0 aliphatic heterocycles. The lowest BCUT2D eigenvalue weighted by Crippen LogP contribution is -2.48. The zero-order valence-corrected chi connectivity index (χ0v) is 17.4. The third-order valence-electron chi connectivity index (χ3n) is 4.73. The molecule has 0 spiro atoms. The first-order chi connectivity index (χ1) is 15.2. The number of aliphatic carboxylic acids is 1. The maximum Gasteiger partial charge on any atom is 0.354 e. The molecule has 1 amide bonds. The van der Waals surface area contributed by atoms with E-state index < -0.39 is 30.0 Å². The highest BCUT2D eigenvalue weighted by molar-refractivity contribution is 6.30. The summed E-state index contributed by atoms with van der Waals surface area (Å²) >= 11 is 5.86. The van der Waals surface area contributed by atoms with Crippen LogP contribution in [0.2, 0.25) is 5.02 Å². The third kappa shape index (κ3) is 5.71. The Morgan fingerprint density at radius 2 is 1.66 bits per heavy atom. The van der Waals surface area contributed by atoms with Crippen LogP contribution in [-0.2, 0) is 17.8 Å². The monoisotopic (exact) mass is 457 g/mol. The molecule has 3 rings (SSSR count). The van der Waals surface area contributed by atoms with Crippen molar-refractivity contribution in [3.63, 3.8) is 0 Å². The number of carbonyl (C=O) groups excluding carboxylic acids is 1. The predicted octanol–water partition coefficient (Wildman–Crippen LogP) is 2.07. The number of halogens is 1. The molecular formula is C22H20ClN3O6. The average Bonchev–Trinajstić information content (AvgIpc) is 3.19. The van der Waals surface area contributed by atoms with Crippen LogP contribution in [0.4, 0.5) is 0 Å². The van der Waals surface area contributed by atoms with Crippen LogP contribution >= 0.6 is 11.6 Å². The minimum absolute atomic E-state index is 0.0529. The van der Waals surface area contributed by atoms with Crippen LogP contribution in [0.15, 0.2) is 60.7 Å². The third-order valence-corrected chi connectivity index (χ3v) is 4.98. The van der Waals surface area contributed by atoms with E-state index in [0.717, 1.165) is 16.3 Å². The van der Waals surface area contributed by atoms with Crippen LogP contribution < -0.4 is 5.32 Å². The summed E-state index contributed by atoms with van der Waals surface area (Å²) in [5, 5.41) is 35.8. The van der Waals surface area contributed by atoms with Gasteiger partial charge in [0.05, 0.1) is 12.6 Å². The van der Waals surface area contributed by atoms with Gasteiger partial charge in [0.1, 0.15) is 5.69 Å². The van der Waals surface area contributed by atoms with Crippen LogP contribution in [0, 0.1) is 0 Å². The number of carboxylic acid groups (broad SMARTS) is 2. The van der Waals surface area contributed by atoms with E-state index in [2.05, 4.69) is 10.4 Å². The van der Waals surface area contributed by atoms with Crippen LogP contribution in [-0.4, -0.2) is 55.1 Å². The molecule has 1 heterocycles. The summed E-state index contributed by atoms with van der Waals surface area (Å²) in [4.78, 5) is 35.7. The van der Waals surface area contributed by atoms with Crippen molar-refractivity contribution < 1.29 is 29.7 Å². The van der Waals surface area contributed by atoms with Gasteiger partial charge < -0.3 is 20.6 Å². The van der Waals surface area contributed by atoms with Crippen LogP contribution in [0.25, 0.3) is 0 Å². The first kappa shape index (κ1) is 23.0. The number of carboxylic acids is 2. The summed E-state index contributed by atoms with van der Waals surface area (Å²) in [6.07, 6.45) is -1.81. The van der Waals surface area contributed by atoms with E-state index in [4.69, 9.17) is 11.6 Å². The Kier molecular flexibility index (Phi) is 7.24. The standard InChI is InChI=1S/C22H20ClN3O6/c23-15-8-6-14(7-9-15)12-26-18(21(29)30)11-17(25-26)20(28)24-16(19(27)22(31)32)10-13-4-2-1-3-5-13/h1-9,11,16,19,27H,10,12H2,(H,24,28)(H,29,30)(H,31,32)/t16-,19-/m1/s1. The van der Waals surface area contributed by atoms with Gasteiger partial charge in [-0.05, 0) is 29.7 Å². The molecule has 0 radical (unpaired) electrons. The van der Waals surface area contributed by atoms with Crippen molar-refractivity contribution in [1.29, 1.82) is 0 Å². The summed E-state index contributed by atoms with van der Waals surface area (Å²) in [7, 11) is 0. The molecule has 2 atom stereocenters. The number of aromatic nitrogens is 2. The van der Waals surface area contributed by atoms with Gasteiger partial charge in [-0.25, -0.2) is 9.59 Å². The van der Waals surface area contributed by atoms with Crippen molar-refractivity contribution in [3.05, 3.63) is 88.2 Å². The summed E-state index contributed by atoms with van der Waals surface area (Å²) in [5.41, 5.74) is 0.989. The highest BCUT2D eigenvalue weighted by Crippen LogP contribution is 2.14. The summed E-state index contributed by atoms with van der Waals surface area (Å²) in [5.74, 6) is -3.58. The summed E-state index contributed by atoms with van der Waals surface area (Å²) in [6, 6.07) is 15.4. The first-order valence-corrected chi connectivity index (χ1v) is 9.93. The van der Waals surface area contributed by atoms with E-state index in [9.17, 15) is 29.7 Å². The van der Waals surface area contributed by atoms with Crippen molar-refractivity contribution in [1.82, 2.24) is 15.1 Å². The number of amides is 1. The molecule has 4 N–H and O–H groups in total. The number of carbonyl (C=O) groups is 3. The van der Waals surface area contributed by atoms with Gasteiger partial charge in [-0.2, -0.15) is 5.10 Å². The molecule has 0 bridgehead atoms. The number of aromatic carboxylic acids is 1. The van der Waals surface area contributed by atoms with Gasteiger partial charge in [0.15, 0.2) is 11.8 Å². The number of rotatable bonds is 9. The molecule has 0 fully saturated rings. The normalized spacial score (nSPS) is 12.7. The molecule has 0 aliphatic rings. The van der Waals surface area contributed by atoms with Crippen molar-refractivity contribution in [2.24, 2.45) is 0 Å². The second-order valence-corrected chi connectivity index (χ2v) is 7.49. The number of nitrogens with zero attached hydrogens (tertiary/aromatic N) is 2. The van der Waals surface area contributed by atoms with Gasteiger partial charge >= 0.3 is 11.9 Å².